The molecule has 2 atom stereocenters. The maximum atomic E-state index is 13.0. The predicted octanol–water partition coefficient (Wildman–Crippen LogP) is 1.97. The number of rotatable bonds is 9. The molecule has 8 nitrogen and oxygen atoms in total. The molecule has 0 saturated heterocycles. The molecule has 0 fully saturated rings. The minimum absolute atomic E-state index is 0.0112. The number of halogens is 1. The third kappa shape index (κ3) is 6.27. The van der Waals surface area contributed by atoms with Crippen LogP contribution in [0.3, 0.4) is 0 Å². The number of hydrogen-bond acceptors (Lipinski definition) is 4. The van der Waals surface area contributed by atoms with Gasteiger partial charge in [-0.15, -0.1) is 0 Å². The van der Waals surface area contributed by atoms with E-state index in [1.165, 1.54) is 18.2 Å². The Labute approximate surface area is 174 Å². The number of nitro benzene ring substituents is 1. The average Bonchev–Trinajstić information content (AvgIpc) is 2.68. The number of nitro groups is 1. The third-order valence-corrected chi connectivity index (χ3v) is 4.63. The number of anilines is 1. The van der Waals surface area contributed by atoms with Gasteiger partial charge in [0.1, 0.15) is 5.02 Å². The maximum Gasteiger partial charge on any atom is 0.289 e. The molecule has 0 aliphatic rings. The van der Waals surface area contributed by atoms with Crippen LogP contribution < -0.4 is 15.5 Å². The van der Waals surface area contributed by atoms with Crippen LogP contribution in [0.5, 0.6) is 0 Å². The molecule has 0 heterocycles. The number of nitrogens with one attached hydrogen (secondary N) is 3. The molecule has 0 aliphatic heterocycles. The Bertz CT molecular complexity index is 876. The van der Waals surface area contributed by atoms with E-state index in [9.17, 15) is 19.7 Å². The number of likely N-dealkylation sites (N-methyl/N-ethyl adjacent to an activating group) is 1. The quantitative estimate of drug-likeness (QED) is 0.426. The van der Waals surface area contributed by atoms with Crippen molar-refractivity contribution < 1.29 is 19.4 Å². The molecular weight excluding hydrogens is 396 g/mol. The zero-order valence-corrected chi connectivity index (χ0v) is 17.0. The molecule has 2 aromatic carbocycles. The fourth-order valence-corrected chi connectivity index (χ4v) is 3.12. The van der Waals surface area contributed by atoms with Gasteiger partial charge in [0.25, 0.3) is 17.5 Å². The third-order valence-electron chi connectivity index (χ3n) is 4.31. The van der Waals surface area contributed by atoms with Gasteiger partial charge in [0.05, 0.1) is 12.0 Å². The highest BCUT2D eigenvalue weighted by atomic mass is 35.5. The summed E-state index contributed by atoms with van der Waals surface area (Å²) in [5, 5.41) is 16.6. The number of benzene rings is 2. The maximum absolute atomic E-state index is 13.0. The van der Waals surface area contributed by atoms with Crippen LogP contribution in [-0.4, -0.2) is 36.9 Å². The van der Waals surface area contributed by atoms with Crippen molar-refractivity contribution in [2.75, 3.05) is 25.5 Å². The van der Waals surface area contributed by atoms with Crippen LogP contribution in [0.1, 0.15) is 24.9 Å². The molecule has 2 rings (SSSR count). The van der Waals surface area contributed by atoms with Gasteiger partial charge < -0.3 is 15.5 Å². The van der Waals surface area contributed by atoms with Crippen molar-refractivity contribution >= 4 is 34.8 Å². The summed E-state index contributed by atoms with van der Waals surface area (Å²) in [5.74, 6) is -0.533. The molecule has 29 heavy (non-hydrogen) atoms. The van der Waals surface area contributed by atoms with E-state index in [-0.39, 0.29) is 34.8 Å². The molecule has 0 spiro atoms. The summed E-state index contributed by atoms with van der Waals surface area (Å²) in [7, 11) is 1.76. The molecule has 1 unspecified atom stereocenters. The minimum Gasteiger partial charge on any atom is -0.351 e. The van der Waals surface area contributed by atoms with Crippen molar-refractivity contribution in [3.8, 4) is 0 Å². The number of nitrogens with zero attached hydrogens (tertiary/aromatic N) is 1. The lowest BCUT2D eigenvalue weighted by Crippen LogP contribution is -3.11. The summed E-state index contributed by atoms with van der Waals surface area (Å²) in [5.41, 5.74) is 0.699. The Kier molecular flexibility index (Phi) is 8.11. The first-order chi connectivity index (χ1) is 13.8. The topological polar surface area (TPSA) is 106 Å². The van der Waals surface area contributed by atoms with Crippen molar-refractivity contribution in [2.45, 2.75) is 19.4 Å². The molecular formula is C20H24ClN4O4+. The number of amides is 2. The van der Waals surface area contributed by atoms with Crippen molar-refractivity contribution in [3.63, 3.8) is 0 Å². The van der Waals surface area contributed by atoms with E-state index in [1.807, 2.05) is 37.3 Å². The molecule has 9 heteroatoms. The Morgan fingerprint density at radius 1 is 1.21 bits per heavy atom. The monoisotopic (exact) mass is 419 g/mol. The number of quaternary nitrogens is 1. The first-order valence-electron chi connectivity index (χ1n) is 9.22. The Balaban J connectivity index is 2.24. The van der Waals surface area contributed by atoms with Gasteiger partial charge in [-0.25, -0.2) is 0 Å². The summed E-state index contributed by atoms with van der Waals surface area (Å²) >= 11 is 5.83. The van der Waals surface area contributed by atoms with E-state index in [0.717, 1.165) is 12.0 Å². The molecule has 0 aliphatic carbocycles. The van der Waals surface area contributed by atoms with Crippen LogP contribution in [0.4, 0.5) is 11.4 Å². The summed E-state index contributed by atoms with van der Waals surface area (Å²) in [6.45, 7) is 2.64. The number of hydrogen-bond donors (Lipinski definition) is 3. The van der Waals surface area contributed by atoms with E-state index in [1.54, 1.807) is 7.05 Å². The second-order valence-corrected chi connectivity index (χ2v) is 7.04. The highest BCUT2D eigenvalue weighted by molar-refractivity contribution is 6.32. The lowest BCUT2D eigenvalue weighted by atomic mass is 10.0. The molecule has 0 saturated carbocycles. The Morgan fingerprint density at radius 2 is 1.90 bits per heavy atom. The van der Waals surface area contributed by atoms with Crippen LogP contribution in [-0.2, 0) is 9.59 Å². The van der Waals surface area contributed by atoms with E-state index >= 15 is 0 Å². The summed E-state index contributed by atoms with van der Waals surface area (Å²) in [6, 6.07) is 12.5. The zero-order valence-electron chi connectivity index (χ0n) is 16.3. The minimum atomic E-state index is -0.682. The van der Waals surface area contributed by atoms with Gasteiger partial charge in [-0.2, -0.15) is 0 Å². The molecule has 0 aromatic heterocycles. The normalized spacial score (nSPS) is 12.7. The highest BCUT2D eigenvalue weighted by Crippen LogP contribution is 2.27. The standard InChI is InChI=1S/C20H23ClN4O4/c1-3-11-22-18(26)13-24(2)19(14-7-5-4-6-8-14)20(27)23-15-9-10-16(21)17(12-15)25(28)29/h4-10,12,19H,3,11,13H2,1-2H3,(H,22,26)(H,23,27)/p+1/t19-/m0/s1. The summed E-state index contributed by atoms with van der Waals surface area (Å²) in [4.78, 5) is 36.3. The predicted molar refractivity (Wildman–Crippen MR) is 111 cm³/mol. The Morgan fingerprint density at radius 3 is 2.52 bits per heavy atom. The van der Waals surface area contributed by atoms with E-state index in [4.69, 9.17) is 11.6 Å². The van der Waals surface area contributed by atoms with Gasteiger partial charge in [-0.05, 0) is 18.6 Å². The summed E-state index contributed by atoms with van der Waals surface area (Å²) < 4.78 is 0. The van der Waals surface area contributed by atoms with E-state index in [2.05, 4.69) is 10.6 Å². The summed E-state index contributed by atoms with van der Waals surface area (Å²) in [6.07, 6.45) is 0.822. The average molecular weight is 420 g/mol. The van der Waals surface area contributed by atoms with Crippen LogP contribution in [0.15, 0.2) is 48.5 Å². The van der Waals surface area contributed by atoms with Gasteiger partial charge in [0.2, 0.25) is 0 Å². The zero-order chi connectivity index (χ0) is 21.4. The number of carbonyl (C=O) groups is 2. The second-order valence-electron chi connectivity index (χ2n) is 6.63. The largest absolute Gasteiger partial charge is 0.351 e. The second kappa shape index (κ2) is 10.5. The molecule has 154 valence electrons. The van der Waals surface area contributed by atoms with Crippen LogP contribution in [0.25, 0.3) is 0 Å². The van der Waals surface area contributed by atoms with E-state index in [0.29, 0.717) is 11.4 Å². The van der Waals surface area contributed by atoms with Crippen molar-refractivity contribution in [1.29, 1.82) is 0 Å². The van der Waals surface area contributed by atoms with Gasteiger partial charge in [-0.1, -0.05) is 48.9 Å². The fourth-order valence-electron chi connectivity index (χ4n) is 2.93. The Hall–Kier alpha value is -2.97. The smallest absolute Gasteiger partial charge is 0.289 e. The first-order valence-corrected chi connectivity index (χ1v) is 9.60. The molecule has 0 radical (unpaired) electrons. The lowest BCUT2D eigenvalue weighted by Gasteiger charge is -2.24. The highest BCUT2D eigenvalue weighted by Gasteiger charge is 2.30. The molecule has 3 N–H and O–H groups in total. The van der Waals surface area contributed by atoms with Gasteiger partial charge >= 0.3 is 0 Å². The van der Waals surface area contributed by atoms with Crippen molar-refractivity contribution in [1.82, 2.24) is 5.32 Å². The lowest BCUT2D eigenvalue weighted by molar-refractivity contribution is -0.894. The van der Waals surface area contributed by atoms with Crippen LogP contribution in [0, 0.1) is 10.1 Å². The molecule has 2 amide bonds. The fraction of sp³-hybridized carbons (Fsp3) is 0.300. The first kappa shape index (κ1) is 22.3. The van der Waals surface area contributed by atoms with Crippen LogP contribution in [0.2, 0.25) is 5.02 Å². The molecule has 0 bridgehead atoms. The van der Waals surface area contributed by atoms with Gasteiger partial charge in [-0.3, -0.25) is 19.7 Å². The van der Waals surface area contributed by atoms with Crippen molar-refractivity contribution in [3.05, 3.63) is 69.2 Å². The SMILES string of the molecule is CCCNC(=O)C[NH+](C)[C@H](C(=O)Nc1ccc(Cl)c([N+](=O)[O-])c1)c1ccccc1. The van der Waals surface area contributed by atoms with Gasteiger partial charge in [0, 0.05) is 23.9 Å². The number of carbonyl (C=O) groups excluding carboxylic acids is 2. The van der Waals surface area contributed by atoms with E-state index < -0.39 is 11.0 Å². The van der Waals surface area contributed by atoms with Crippen molar-refractivity contribution in [2.24, 2.45) is 0 Å². The van der Waals surface area contributed by atoms with Crippen LogP contribution >= 0.6 is 11.6 Å². The molecule has 2 aromatic rings. The van der Waals surface area contributed by atoms with Gasteiger partial charge in [0.15, 0.2) is 12.6 Å².